The molecular weight excluding hydrogens is 134 g/mol. The SMILES string of the molecule is CCON1CCSCC1. The summed E-state index contributed by atoms with van der Waals surface area (Å²) < 4.78 is 0. The van der Waals surface area contributed by atoms with Gasteiger partial charge in [-0.1, -0.05) is 0 Å². The molecule has 0 unspecified atom stereocenters. The minimum atomic E-state index is 0.810. The lowest BCUT2D eigenvalue weighted by atomic mass is 10.6. The molecule has 9 heavy (non-hydrogen) atoms. The van der Waals surface area contributed by atoms with Crippen LogP contribution in [0, 0.1) is 0 Å². The van der Waals surface area contributed by atoms with Crippen LogP contribution >= 0.6 is 11.8 Å². The van der Waals surface area contributed by atoms with Gasteiger partial charge < -0.3 is 0 Å². The zero-order valence-electron chi connectivity index (χ0n) is 5.80. The Hall–Kier alpha value is 0.270. The van der Waals surface area contributed by atoms with Gasteiger partial charge in [0.15, 0.2) is 0 Å². The maximum Gasteiger partial charge on any atom is 0.0656 e. The lowest BCUT2D eigenvalue weighted by Crippen LogP contribution is -2.32. The van der Waals surface area contributed by atoms with E-state index in [9.17, 15) is 0 Å². The van der Waals surface area contributed by atoms with Gasteiger partial charge in [-0.25, -0.2) is 0 Å². The van der Waals surface area contributed by atoms with Gasteiger partial charge in [-0.05, 0) is 6.92 Å². The van der Waals surface area contributed by atoms with E-state index < -0.39 is 0 Å². The van der Waals surface area contributed by atoms with Crippen LogP contribution in [-0.4, -0.2) is 36.3 Å². The van der Waals surface area contributed by atoms with Crippen LogP contribution in [-0.2, 0) is 4.84 Å². The van der Waals surface area contributed by atoms with E-state index in [-0.39, 0.29) is 0 Å². The molecule has 0 aromatic rings. The summed E-state index contributed by atoms with van der Waals surface area (Å²) in [5, 5.41) is 2.05. The average molecular weight is 147 g/mol. The highest BCUT2D eigenvalue weighted by Gasteiger charge is 2.08. The van der Waals surface area contributed by atoms with Crippen molar-refractivity contribution in [3.05, 3.63) is 0 Å². The van der Waals surface area contributed by atoms with E-state index in [1.807, 2.05) is 18.7 Å². The molecule has 0 N–H and O–H groups in total. The van der Waals surface area contributed by atoms with Crippen molar-refractivity contribution in [2.45, 2.75) is 6.92 Å². The molecule has 0 atom stereocenters. The van der Waals surface area contributed by atoms with E-state index in [0.29, 0.717) is 0 Å². The first kappa shape index (κ1) is 7.38. The molecule has 3 heteroatoms. The number of rotatable bonds is 2. The molecule has 1 aliphatic rings. The summed E-state index contributed by atoms with van der Waals surface area (Å²) in [6.07, 6.45) is 0. The molecular formula is C6H13NOS. The van der Waals surface area contributed by atoms with Crippen molar-refractivity contribution in [1.82, 2.24) is 5.06 Å². The van der Waals surface area contributed by atoms with E-state index in [1.165, 1.54) is 11.5 Å². The Morgan fingerprint density at radius 2 is 2.11 bits per heavy atom. The van der Waals surface area contributed by atoms with Crippen LogP contribution in [0.5, 0.6) is 0 Å². The van der Waals surface area contributed by atoms with E-state index in [4.69, 9.17) is 4.84 Å². The van der Waals surface area contributed by atoms with Crippen molar-refractivity contribution in [3.63, 3.8) is 0 Å². The summed E-state index contributed by atoms with van der Waals surface area (Å²) in [4.78, 5) is 5.30. The van der Waals surface area contributed by atoms with Gasteiger partial charge in [-0.3, -0.25) is 4.84 Å². The van der Waals surface area contributed by atoms with Crippen LogP contribution in [0.3, 0.4) is 0 Å². The lowest BCUT2D eigenvalue weighted by Gasteiger charge is -2.24. The van der Waals surface area contributed by atoms with Gasteiger partial charge in [-0.2, -0.15) is 16.8 Å². The molecule has 1 heterocycles. The van der Waals surface area contributed by atoms with E-state index in [1.54, 1.807) is 0 Å². The van der Waals surface area contributed by atoms with Crippen molar-refractivity contribution in [2.75, 3.05) is 31.2 Å². The quantitative estimate of drug-likeness (QED) is 0.578. The predicted octanol–water partition coefficient (Wildman–Crippen LogP) is 0.987. The summed E-state index contributed by atoms with van der Waals surface area (Å²) >= 11 is 2.00. The van der Waals surface area contributed by atoms with Crippen LogP contribution < -0.4 is 0 Å². The highest BCUT2D eigenvalue weighted by molar-refractivity contribution is 7.99. The van der Waals surface area contributed by atoms with E-state index in [0.717, 1.165) is 19.7 Å². The van der Waals surface area contributed by atoms with E-state index in [2.05, 4.69) is 5.06 Å². The largest absolute Gasteiger partial charge is 0.299 e. The molecule has 0 aliphatic carbocycles. The Morgan fingerprint density at radius 1 is 1.44 bits per heavy atom. The lowest BCUT2D eigenvalue weighted by molar-refractivity contribution is -0.147. The van der Waals surface area contributed by atoms with Crippen LogP contribution in [0.15, 0.2) is 0 Å². The second-order valence-corrected chi connectivity index (χ2v) is 3.18. The first-order valence-electron chi connectivity index (χ1n) is 3.39. The normalized spacial score (nSPS) is 22.3. The second-order valence-electron chi connectivity index (χ2n) is 1.96. The summed E-state index contributed by atoms with van der Waals surface area (Å²) in [5.74, 6) is 2.44. The van der Waals surface area contributed by atoms with Crippen molar-refractivity contribution < 1.29 is 4.84 Å². The molecule has 54 valence electrons. The first-order chi connectivity index (χ1) is 4.43. The Kier molecular flexibility index (Phi) is 3.40. The molecule has 1 rings (SSSR count). The van der Waals surface area contributed by atoms with Crippen LogP contribution in [0.2, 0.25) is 0 Å². The summed E-state index contributed by atoms with van der Waals surface area (Å²) in [5.41, 5.74) is 0. The van der Waals surface area contributed by atoms with Gasteiger partial charge in [-0.15, -0.1) is 0 Å². The minimum absolute atomic E-state index is 0.810. The molecule has 0 aromatic carbocycles. The maximum atomic E-state index is 5.30. The van der Waals surface area contributed by atoms with Gasteiger partial charge in [0.1, 0.15) is 0 Å². The first-order valence-corrected chi connectivity index (χ1v) is 4.54. The molecule has 0 amide bonds. The van der Waals surface area contributed by atoms with Gasteiger partial charge in [0.2, 0.25) is 0 Å². The topological polar surface area (TPSA) is 12.5 Å². The number of hydrogen-bond acceptors (Lipinski definition) is 3. The highest BCUT2D eigenvalue weighted by atomic mass is 32.2. The minimum Gasteiger partial charge on any atom is -0.299 e. The third-order valence-corrected chi connectivity index (χ3v) is 2.22. The molecule has 0 spiro atoms. The molecule has 0 bridgehead atoms. The highest BCUT2D eigenvalue weighted by Crippen LogP contribution is 2.08. The summed E-state index contributed by atoms with van der Waals surface area (Å²) in [6, 6.07) is 0. The molecule has 0 radical (unpaired) electrons. The number of hydroxylamine groups is 2. The third kappa shape index (κ3) is 2.56. The molecule has 1 fully saturated rings. The summed E-state index contributed by atoms with van der Waals surface area (Å²) in [6.45, 7) is 5.03. The number of thioether (sulfide) groups is 1. The molecule has 1 aliphatic heterocycles. The van der Waals surface area contributed by atoms with Crippen molar-refractivity contribution >= 4 is 11.8 Å². The molecule has 0 aromatic heterocycles. The smallest absolute Gasteiger partial charge is 0.0656 e. The predicted molar refractivity (Wildman–Crippen MR) is 40.5 cm³/mol. The Labute approximate surface area is 60.5 Å². The fraction of sp³-hybridized carbons (Fsp3) is 1.00. The van der Waals surface area contributed by atoms with Gasteiger partial charge in [0, 0.05) is 24.6 Å². The van der Waals surface area contributed by atoms with Crippen molar-refractivity contribution in [2.24, 2.45) is 0 Å². The Balaban J connectivity index is 2.08. The Bertz CT molecular complexity index is 70.7. The monoisotopic (exact) mass is 147 g/mol. The average Bonchev–Trinajstić information content (AvgIpc) is 1.91. The number of nitrogens with zero attached hydrogens (tertiary/aromatic N) is 1. The fourth-order valence-corrected chi connectivity index (χ4v) is 1.73. The van der Waals surface area contributed by atoms with Gasteiger partial charge in [0.05, 0.1) is 6.61 Å². The fourth-order valence-electron chi connectivity index (χ4n) is 0.858. The Morgan fingerprint density at radius 3 is 2.67 bits per heavy atom. The molecule has 1 saturated heterocycles. The zero-order chi connectivity index (χ0) is 6.53. The van der Waals surface area contributed by atoms with Crippen LogP contribution in [0.1, 0.15) is 6.92 Å². The van der Waals surface area contributed by atoms with Crippen molar-refractivity contribution in [1.29, 1.82) is 0 Å². The van der Waals surface area contributed by atoms with Gasteiger partial charge >= 0.3 is 0 Å². The second kappa shape index (κ2) is 4.14. The zero-order valence-corrected chi connectivity index (χ0v) is 6.62. The van der Waals surface area contributed by atoms with E-state index >= 15 is 0 Å². The molecule has 2 nitrogen and oxygen atoms in total. The summed E-state index contributed by atoms with van der Waals surface area (Å²) in [7, 11) is 0. The number of hydrogen-bond donors (Lipinski definition) is 0. The van der Waals surface area contributed by atoms with Crippen molar-refractivity contribution in [3.8, 4) is 0 Å². The standard InChI is InChI=1S/C6H13NOS/c1-2-8-7-3-5-9-6-4-7/h2-6H2,1H3. The van der Waals surface area contributed by atoms with Crippen LogP contribution in [0.4, 0.5) is 0 Å². The third-order valence-electron chi connectivity index (χ3n) is 1.28. The maximum absolute atomic E-state index is 5.30. The van der Waals surface area contributed by atoms with Gasteiger partial charge in [0.25, 0.3) is 0 Å². The van der Waals surface area contributed by atoms with Crippen LogP contribution in [0.25, 0.3) is 0 Å². The molecule has 0 saturated carbocycles.